The SMILES string of the molecule is CC(NCCOc1ccc(F)cc1Cl)C1CCCO1. The van der Waals surface area contributed by atoms with Crippen molar-refractivity contribution in [3.8, 4) is 5.75 Å². The first-order valence-electron chi connectivity index (χ1n) is 6.59. The molecule has 1 fully saturated rings. The summed E-state index contributed by atoms with van der Waals surface area (Å²) in [5.41, 5.74) is 0. The Bertz CT molecular complexity index is 410. The van der Waals surface area contributed by atoms with E-state index in [1.807, 2.05) is 0 Å². The molecule has 2 rings (SSSR count). The first-order valence-corrected chi connectivity index (χ1v) is 6.97. The Morgan fingerprint density at radius 2 is 2.42 bits per heavy atom. The number of ether oxygens (including phenoxy) is 2. The van der Waals surface area contributed by atoms with Crippen molar-refractivity contribution >= 4 is 11.6 Å². The van der Waals surface area contributed by atoms with Crippen LogP contribution in [0.2, 0.25) is 5.02 Å². The number of halogens is 2. The van der Waals surface area contributed by atoms with E-state index in [1.54, 1.807) is 6.07 Å². The summed E-state index contributed by atoms with van der Waals surface area (Å²) in [7, 11) is 0. The van der Waals surface area contributed by atoms with Crippen molar-refractivity contribution in [3.63, 3.8) is 0 Å². The van der Waals surface area contributed by atoms with Gasteiger partial charge in [0.05, 0.1) is 11.1 Å². The third-order valence-corrected chi connectivity index (χ3v) is 3.54. The Morgan fingerprint density at radius 3 is 3.11 bits per heavy atom. The number of rotatable bonds is 6. The van der Waals surface area contributed by atoms with E-state index < -0.39 is 0 Å². The molecule has 1 N–H and O–H groups in total. The molecule has 0 aromatic heterocycles. The van der Waals surface area contributed by atoms with Crippen LogP contribution in [0.25, 0.3) is 0 Å². The smallest absolute Gasteiger partial charge is 0.138 e. The summed E-state index contributed by atoms with van der Waals surface area (Å²) in [6.45, 7) is 4.16. The average Bonchev–Trinajstić information content (AvgIpc) is 2.90. The van der Waals surface area contributed by atoms with Crippen molar-refractivity contribution in [1.29, 1.82) is 0 Å². The molecule has 1 aliphatic heterocycles. The molecule has 0 amide bonds. The predicted octanol–water partition coefficient (Wildman–Crippen LogP) is 3.02. The molecule has 1 saturated heterocycles. The van der Waals surface area contributed by atoms with Crippen LogP contribution in [0.15, 0.2) is 18.2 Å². The van der Waals surface area contributed by atoms with Crippen LogP contribution in [-0.4, -0.2) is 31.9 Å². The van der Waals surface area contributed by atoms with Crippen LogP contribution in [0.4, 0.5) is 4.39 Å². The van der Waals surface area contributed by atoms with E-state index in [9.17, 15) is 4.39 Å². The molecule has 1 heterocycles. The normalized spacial score (nSPS) is 20.5. The van der Waals surface area contributed by atoms with Gasteiger partial charge in [-0.1, -0.05) is 11.6 Å². The van der Waals surface area contributed by atoms with Crippen molar-refractivity contribution in [2.24, 2.45) is 0 Å². The molecule has 2 unspecified atom stereocenters. The van der Waals surface area contributed by atoms with Gasteiger partial charge in [-0.05, 0) is 38.0 Å². The molecule has 1 aromatic rings. The number of nitrogens with one attached hydrogen (secondary N) is 1. The molecule has 3 nitrogen and oxygen atoms in total. The number of hydrogen-bond acceptors (Lipinski definition) is 3. The average molecular weight is 288 g/mol. The fourth-order valence-corrected chi connectivity index (χ4v) is 2.39. The number of benzene rings is 1. The van der Waals surface area contributed by atoms with Gasteiger partial charge < -0.3 is 14.8 Å². The van der Waals surface area contributed by atoms with Crippen molar-refractivity contribution in [3.05, 3.63) is 29.0 Å². The molecular formula is C14H19ClFNO2. The Kier molecular flexibility index (Phi) is 5.43. The molecule has 0 aliphatic carbocycles. The summed E-state index contributed by atoms with van der Waals surface area (Å²) < 4.78 is 23.9. The molecule has 0 bridgehead atoms. The molecule has 1 aliphatic rings. The van der Waals surface area contributed by atoms with E-state index in [1.165, 1.54) is 12.1 Å². The zero-order valence-corrected chi connectivity index (χ0v) is 11.8. The summed E-state index contributed by atoms with van der Waals surface area (Å²) in [5, 5.41) is 3.66. The van der Waals surface area contributed by atoms with E-state index in [-0.39, 0.29) is 5.82 Å². The van der Waals surface area contributed by atoms with Gasteiger partial charge in [0.15, 0.2) is 0 Å². The lowest BCUT2D eigenvalue weighted by atomic mass is 10.1. The minimum absolute atomic E-state index is 0.298. The third kappa shape index (κ3) is 4.34. The highest BCUT2D eigenvalue weighted by Crippen LogP contribution is 2.24. The van der Waals surface area contributed by atoms with E-state index in [2.05, 4.69) is 12.2 Å². The second-order valence-corrected chi connectivity index (χ2v) is 5.12. The summed E-state index contributed by atoms with van der Waals surface area (Å²) in [5.74, 6) is 0.150. The van der Waals surface area contributed by atoms with Crippen LogP contribution in [0.5, 0.6) is 5.75 Å². The van der Waals surface area contributed by atoms with Crippen LogP contribution in [-0.2, 0) is 4.74 Å². The lowest BCUT2D eigenvalue weighted by Crippen LogP contribution is -2.39. The molecule has 0 spiro atoms. The van der Waals surface area contributed by atoms with E-state index in [4.69, 9.17) is 21.1 Å². The van der Waals surface area contributed by atoms with Gasteiger partial charge in [-0.25, -0.2) is 4.39 Å². The van der Waals surface area contributed by atoms with Gasteiger partial charge in [-0.15, -0.1) is 0 Å². The maximum Gasteiger partial charge on any atom is 0.138 e. The van der Waals surface area contributed by atoms with Gasteiger partial charge >= 0.3 is 0 Å². The Labute approximate surface area is 118 Å². The molecular weight excluding hydrogens is 269 g/mol. The van der Waals surface area contributed by atoms with Gasteiger partial charge in [0.1, 0.15) is 18.2 Å². The van der Waals surface area contributed by atoms with Crippen LogP contribution >= 0.6 is 11.6 Å². The fourth-order valence-electron chi connectivity index (χ4n) is 2.17. The fraction of sp³-hybridized carbons (Fsp3) is 0.571. The molecule has 19 heavy (non-hydrogen) atoms. The molecule has 106 valence electrons. The summed E-state index contributed by atoms with van der Waals surface area (Å²) in [4.78, 5) is 0. The second-order valence-electron chi connectivity index (χ2n) is 4.72. The molecule has 1 aromatic carbocycles. The lowest BCUT2D eigenvalue weighted by Gasteiger charge is -2.20. The zero-order valence-electron chi connectivity index (χ0n) is 11.0. The topological polar surface area (TPSA) is 30.5 Å². The largest absolute Gasteiger partial charge is 0.491 e. The van der Waals surface area contributed by atoms with Gasteiger partial charge in [0.2, 0.25) is 0 Å². The summed E-state index contributed by atoms with van der Waals surface area (Å²) >= 11 is 5.87. The molecule has 0 radical (unpaired) electrons. The van der Waals surface area contributed by atoms with E-state index >= 15 is 0 Å². The summed E-state index contributed by atoms with van der Waals surface area (Å²) in [6.07, 6.45) is 2.55. The highest BCUT2D eigenvalue weighted by Gasteiger charge is 2.21. The molecule has 2 atom stereocenters. The van der Waals surface area contributed by atoms with Crippen LogP contribution in [0.3, 0.4) is 0 Å². The molecule has 0 saturated carbocycles. The highest BCUT2D eigenvalue weighted by molar-refractivity contribution is 6.32. The lowest BCUT2D eigenvalue weighted by molar-refractivity contribution is 0.0824. The minimum atomic E-state index is -0.359. The maximum atomic E-state index is 12.8. The number of hydrogen-bond donors (Lipinski definition) is 1. The van der Waals surface area contributed by atoms with Crippen LogP contribution < -0.4 is 10.1 Å². The van der Waals surface area contributed by atoms with Gasteiger partial charge in [-0.2, -0.15) is 0 Å². The standard InChI is InChI=1S/C14H19ClFNO2/c1-10(13-3-2-7-18-13)17-6-8-19-14-5-4-11(16)9-12(14)15/h4-5,9-10,13,17H,2-3,6-8H2,1H3. The van der Waals surface area contributed by atoms with E-state index in [0.717, 1.165) is 19.4 Å². The molecule has 5 heteroatoms. The Balaban J connectivity index is 1.68. The Hall–Kier alpha value is -0.840. The van der Waals surface area contributed by atoms with Crippen molar-refractivity contribution in [2.75, 3.05) is 19.8 Å². The van der Waals surface area contributed by atoms with Gasteiger partial charge in [0.25, 0.3) is 0 Å². The Morgan fingerprint density at radius 1 is 1.58 bits per heavy atom. The van der Waals surface area contributed by atoms with Crippen LogP contribution in [0.1, 0.15) is 19.8 Å². The van der Waals surface area contributed by atoms with Crippen molar-refractivity contribution in [1.82, 2.24) is 5.32 Å². The van der Waals surface area contributed by atoms with Gasteiger partial charge in [0, 0.05) is 19.2 Å². The predicted molar refractivity (Wildman–Crippen MR) is 73.3 cm³/mol. The van der Waals surface area contributed by atoms with Gasteiger partial charge in [-0.3, -0.25) is 0 Å². The second kappa shape index (κ2) is 7.08. The highest BCUT2D eigenvalue weighted by atomic mass is 35.5. The third-order valence-electron chi connectivity index (χ3n) is 3.24. The quantitative estimate of drug-likeness (QED) is 0.816. The van der Waals surface area contributed by atoms with Crippen molar-refractivity contribution < 1.29 is 13.9 Å². The zero-order chi connectivity index (χ0) is 13.7. The summed E-state index contributed by atoms with van der Waals surface area (Å²) in [6, 6.07) is 4.44. The first kappa shape index (κ1) is 14.6. The van der Waals surface area contributed by atoms with Crippen molar-refractivity contribution in [2.45, 2.75) is 31.9 Å². The minimum Gasteiger partial charge on any atom is -0.491 e. The van der Waals surface area contributed by atoms with E-state index in [0.29, 0.717) is 36.1 Å². The maximum absolute atomic E-state index is 12.8. The van der Waals surface area contributed by atoms with Crippen LogP contribution in [0, 0.1) is 5.82 Å². The monoisotopic (exact) mass is 287 g/mol. The first-order chi connectivity index (χ1) is 9.16.